The molecule has 0 aliphatic rings. The van der Waals surface area contributed by atoms with E-state index in [9.17, 15) is 4.79 Å². The molecule has 0 aromatic carbocycles. The second-order valence-electron chi connectivity index (χ2n) is 3.82. The predicted molar refractivity (Wildman–Crippen MR) is 69.0 cm³/mol. The van der Waals surface area contributed by atoms with Crippen molar-refractivity contribution < 1.29 is 0 Å². The van der Waals surface area contributed by atoms with E-state index in [2.05, 4.69) is 25.9 Å². The summed E-state index contributed by atoms with van der Waals surface area (Å²) in [4.78, 5) is 19.8. The number of hydrogen-bond acceptors (Lipinski definition) is 3. The van der Waals surface area contributed by atoms with E-state index in [1.54, 1.807) is 17.0 Å². The van der Waals surface area contributed by atoms with Gasteiger partial charge in [0.15, 0.2) is 0 Å². The quantitative estimate of drug-likeness (QED) is 0.852. The Labute approximate surface area is 107 Å². The Hall–Kier alpha value is -1.49. The van der Waals surface area contributed by atoms with Crippen molar-refractivity contribution in [2.24, 2.45) is 0 Å². The molecule has 2 aromatic rings. The maximum Gasteiger partial charge on any atom is 0.348 e. The molecule has 0 saturated heterocycles. The monoisotopic (exact) mass is 293 g/mol. The maximum atomic E-state index is 11.8. The smallest absolute Gasteiger partial charge is 0.291 e. The summed E-state index contributed by atoms with van der Waals surface area (Å²) >= 11 is 3.44. The van der Waals surface area contributed by atoms with Gasteiger partial charge in [0.2, 0.25) is 0 Å². The van der Waals surface area contributed by atoms with E-state index in [1.165, 1.54) is 0 Å². The van der Waals surface area contributed by atoms with Gasteiger partial charge in [0, 0.05) is 18.1 Å². The number of halogens is 1. The molecule has 2 aromatic heterocycles. The van der Waals surface area contributed by atoms with Crippen molar-refractivity contribution in [3.8, 4) is 0 Å². The van der Waals surface area contributed by atoms with Gasteiger partial charge in [0.1, 0.15) is 0 Å². The first-order valence-electron chi connectivity index (χ1n) is 5.22. The zero-order valence-corrected chi connectivity index (χ0v) is 11.2. The van der Waals surface area contributed by atoms with E-state index in [0.29, 0.717) is 6.54 Å². The van der Waals surface area contributed by atoms with Crippen LogP contribution in [-0.2, 0) is 6.54 Å². The molecule has 88 valence electrons. The Bertz CT molecular complexity index is 593. The summed E-state index contributed by atoms with van der Waals surface area (Å²) in [6.45, 7) is 4.23. The summed E-state index contributed by atoms with van der Waals surface area (Å²) in [5, 5.41) is 0. The molecule has 5 heteroatoms. The molecule has 0 radical (unpaired) electrons. The largest absolute Gasteiger partial charge is 0.348 e. The van der Waals surface area contributed by atoms with Crippen molar-refractivity contribution >= 4 is 15.9 Å². The molecule has 0 unspecified atom stereocenters. The fraction of sp³-hybridized carbons (Fsp3) is 0.250. The molecular weight excluding hydrogens is 282 g/mol. The summed E-state index contributed by atoms with van der Waals surface area (Å²) < 4.78 is 2.53. The van der Waals surface area contributed by atoms with Crippen LogP contribution in [-0.4, -0.2) is 14.5 Å². The first-order valence-corrected chi connectivity index (χ1v) is 6.01. The Balaban J connectivity index is 2.47. The number of hydrogen-bond donors (Lipinski definition) is 0. The highest BCUT2D eigenvalue weighted by Crippen LogP contribution is 2.17. The van der Waals surface area contributed by atoms with Gasteiger partial charge in [-0.2, -0.15) is 4.98 Å². The third-order valence-corrected chi connectivity index (χ3v) is 3.77. The fourth-order valence-electron chi connectivity index (χ4n) is 1.63. The Morgan fingerprint density at radius 3 is 2.59 bits per heavy atom. The molecule has 0 fully saturated rings. The van der Waals surface area contributed by atoms with Crippen molar-refractivity contribution in [2.45, 2.75) is 20.4 Å². The summed E-state index contributed by atoms with van der Waals surface area (Å²) in [7, 11) is 0. The number of nitrogens with zero attached hydrogens (tertiary/aromatic N) is 3. The van der Waals surface area contributed by atoms with E-state index in [-0.39, 0.29) is 5.69 Å². The highest BCUT2D eigenvalue weighted by Gasteiger charge is 2.09. The summed E-state index contributed by atoms with van der Waals surface area (Å²) in [5.74, 6) is 0. The van der Waals surface area contributed by atoms with Gasteiger partial charge in [-0.25, -0.2) is 4.79 Å². The lowest BCUT2D eigenvalue weighted by Crippen LogP contribution is -2.26. The van der Waals surface area contributed by atoms with Crippen molar-refractivity contribution in [3.05, 3.63) is 56.4 Å². The predicted octanol–water partition coefficient (Wildman–Crippen LogP) is 2.07. The standard InChI is InChI=1S/C12H12BrN3O/c1-8-11(13)9(2)16(12(17)15-8)7-10-3-5-14-6-4-10/h3-6H,7H2,1-2H3. The van der Waals surface area contributed by atoms with Crippen LogP contribution in [0.5, 0.6) is 0 Å². The van der Waals surface area contributed by atoms with Crippen LogP contribution in [0.15, 0.2) is 33.8 Å². The SMILES string of the molecule is Cc1nc(=O)n(Cc2ccncc2)c(C)c1Br. The molecule has 0 aliphatic carbocycles. The van der Waals surface area contributed by atoms with Gasteiger partial charge in [-0.1, -0.05) is 0 Å². The molecule has 0 saturated carbocycles. The normalized spacial score (nSPS) is 10.5. The van der Waals surface area contributed by atoms with Crippen LogP contribution in [0, 0.1) is 13.8 Å². The molecule has 0 N–H and O–H groups in total. The molecule has 0 spiro atoms. The first-order chi connectivity index (χ1) is 8.09. The molecule has 2 heterocycles. The van der Waals surface area contributed by atoms with E-state index in [0.717, 1.165) is 21.4 Å². The van der Waals surface area contributed by atoms with Gasteiger partial charge < -0.3 is 0 Å². The van der Waals surface area contributed by atoms with Crippen molar-refractivity contribution in [1.82, 2.24) is 14.5 Å². The van der Waals surface area contributed by atoms with Crippen LogP contribution in [0.25, 0.3) is 0 Å². The van der Waals surface area contributed by atoms with Crippen LogP contribution in [0.1, 0.15) is 17.0 Å². The zero-order chi connectivity index (χ0) is 12.4. The van der Waals surface area contributed by atoms with Gasteiger partial charge in [-0.3, -0.25) is 9.55 Å². The van der Waals surface area contributed by atoms with Gasteiger partial charge in [0.25, 0.3) is 0 Å². The highest BCUT2D eigenvalue weighted by molar-refractivity contribution is 9.10. The average molecular weight is 294 g/mol. The summed E-state index contributed by atoms with van der Waals surface area (Å²) in [6, 6.07) is 3.78. The van der Waals surface area contributed by atoms with Gasteiger partial charge in [0.05, 0.1) is 16.7 Å². The third kappa shape index (κ3) is 2.44. The fourth-order valence-corrected chi connectivity index (χ4v) is 1.94. The molecular formula is C12H12BrN3O. The molecule has 0 atom stereocenters. The molecule has 2 rings (SSSR count). The van der Waals surface area contributed by atoms with Crippen LogP contribution in [0.2, 0.25) is 0 Å². The second kappa shape index (κ2) is 4.79. The van der Waals surface area contributed by atoms with Gasteiger partial charge >= 0.3 is 5.69 Å². The van der Waals surface area contributed by atoms with Crippen molar-refractivity contribution in [2.75, 3.05) is 0 Å². The van der Waals surface area contributed by atoms with Crippen LogP contribution in [0.3, 0.4) is 0 Å². The number of aromatic nitrogens is 3. The van der Waals surface area contributed by atoms with Gasteiger partial charge in [-0.05, 0) is 47.5 Å². The lowest BCUT2D eigenvalue weighted by Gasteiger charge is -2.11. The van der Waals surface area contributed by atoms with Crippen LogP contribution >= 0.6 is 15.9 Å². The van der Waals surface area contributed by atoms with Gasteiger partial charge in [-0.15, -0.1) is 0 Å². The Kier molecular flexibility index (Phi) is 3.38. The highest BCUT2D eigenvalue weighted by atomic mass is 79.9. The number of rotatable bonds is 2. The van der Waals surface area contributed by atoms with E-state index >= 15 is 0 Å². The average Bonchev–Trinajstić information content (AvgIpc) is 2.33. The Morgan fingerprint density at radius 1 is 1.29 bits per heavy atom. The van der Waals surface area contributed by atoms with E-state index in [4.69, 9.17) is 0 Å². The van der Waals surface area contributed by atoms with Crippen molar-refractivity contribution in [1.29, 1.82) is 0 Å². The first kappa shape index (κ1) is 12.0. The second-order valence-corrected chi connectivity index (χ2v) is 4.61. The van der Waals surface area contributed by atoms with E-state index < -0.39 is 0 Å². The minimum absolute atomic E-state index is 0.222. The molecule has 0 bridgehead atoms. The summed E-state index contributed by atoms with van der Waals surface area (Å²) in [5.41, 5.74) is 2.42. The third-order valence-electron chi connectivity index (χ3n) is 2.62. The van der Waals surface area contributed by atoms with Crippen LogP contribution < -0.4 is 5.69 Å². The topological polar surface area (TPSA) is 47.8 Å². The zero-order valence-electron chi connectivity index (χ0n) is 9.64. The number of aryl methyl sites for hydroxylation is 1. The summed E-state index contributed by atoms with van der Waals surface area (Å²) in [6.07, 6.45) is 3.43. The van der Waals surface area contributed by atoms with E-state index in [1.807, 2.05) is 26.0 Å². The minimum atomic E-state index is -0.222. The minimum Gasteiger partial charge on any atom is -0.291 e. The lowest BCUT2D eigenvalue weighted by molar-refractivity contribution is 0.688. The molecule has 0 aliphatic heterocycles. The molecule has 4 nitrogen and oxygen atoms in total. The maximum absolute atomic E-state index is 11.8. The Morgan fingerprint density at radius 2 is 1.94 bits per heavy atom. The molecule has 17 heavy (non-hydrogen) atoms. The molecule has 0 amide bonds. The van der Waals surface area contributed by atoms with Crippen LogP contribution in [0.4, 0.5) is 0 Å². The lowest BCUT2D eigenvalue weighted by atomic mass is 10.2. The number of pyridine rings is 1. The van der Waals surface area contributed by atoms with Crippen molar-refractivity contribution in [3.63, 3.8) is 0 Å².